The van der Waals surface area contributed by atoms with Crippen molar-refractivity contribution in [3.05, 3.63) is 0 Å². The predicted octanol–water partition coefficient (Wildman–Crippen LogP) is -1.11. The van der Waals surface area contributed by atoms with Gasteiger partial charge in [-0.25, -0.2) is 13.2 Å². The van der Waals surface area contributed by atoms with Crippen LogP contribution in [0.1, 0.15) is 12.8 Å². The Bertz CT molecular complexity index is 464. The molecule has 0 aromatic heterocycles. The summed E-state index contributed by atoms with van der Waals surface area (Å²) < 4.78 is 22.5. The first kappa shape index (κ1) is 12.0. The summed E-state index contributed by atoms with van der Waals surface area (Å²) in [5, 5.41) is 2.03. The van der Waals surface area contributed by atoms with Gasteiger partial charge in [-0.3, -0.25) is 19.8 Å². The number of rotatable bonds is 2. The molecule has 0 aromatic rings. The van der Waals surface area contributed by atoms with Crippen LogP contribution in [0.2, 0.25) is 0 Å². The molecule has 2 heterocycles. The molecule has 0 spiro atoms. The van der Waals surface area contributed by atoms with E-state index in [2.05, 4.69) is 0 Å². The number of hydrogen-bond acceptors (Lipinski definition) is 5. The van der Waals surface area contributed by atoms with Crippen LogP contribution in [-0.2, 0) is 19.4 Å². The molecule has 0 aliphatic carbocycles. The Morgan fingerprint density at radius 2 is 2.00 bits per heavy atom. The minimum Gasteiger partial charge on any atom is -0.277 e. The molecule has 2 saturated heterocycles. The van der Waals surface area contributed by atoms with Gasteiger partial charge in [-0.1, -0.05) is 0 Å². The summed E-state index contributed by atoms with van der Waals surface area (Å²) in [6, 6.07) is -0.754. The van der Waals surface area contributed by atoms with E-state index < -0.39 is 27.7 Å². The Kier molecular flexibility index (Phi) is 2.90. The average Bonchev–Trinajstić information content (AvgIpc) is 2.52. The van der Waals surface area contributed by atoms with Gasteiger partial charge in [-0.05, 0) is 12.3 Å². The smallest absolute Gasteiger partial charge is 0.277 e. The Balaban J connectivity index is 2.02. The number of urea groups is 1. The third-order valence-electron chi connectivity index (χ3n) is 2.87. The molecule has 2 aliphatic heterocycles. The molecule has 2 aliphatic rings. The van der Waals surface area contributed by atoms with Crippen molar-refractivity contribution < 1.29 is 22.8 Å². The molecule has 7 nitrogen and oxygen atoms in total. The number of hydrogen-bond donors (Lipinski definition) is 1. The third-order valence-corrected chi connectivity index (χ3v) is 4.71. The van der Waals surface area contributed by atoms with Crippen LogP contribution >= 0.6 is 0 Å². The maximum Gasteiger partial charge on any atom is 0.330 e. The lowest BCUT2D eigenvalue weighted by Crippen LogP contribution is -2.54. The summed E-state index contributed by atoms with van der Waals surface area (Å²) in [6.07, 6.45) is 0.0958. The Morgan fingerprint density at radius 1 is 1.29 bits per heavy atom. The number of imide groups is 2. The van der Waals surface area contributed by atoms with Crippen molar-refractivity contribution in [1.29, 1.82) is 0 Å². The van der Waals surface area contributed by atoms with Gasteiger partial charge in [-0.15, -0.1) is 0 Å². The fourth-order valence-corrected chi connectivity index (χ4v) is 3.89. The van der Waals surface area contributed by atoms with Gasteiger partial charge in [-0.2, -0.15) is 0 Å². The fraction of sp³-hybridized carbons (Fsp3) is 0.667. The second-order valence-electron chi connectivity index (χ2n) is 4.30. The quantitative estimate of drug-likeness (QED) is 0.634. The highest BCUT2D eigenvalue weighted by molar-refractivity contribution is 7.91. The summed E-state index contributed by atoms with van der Waals surface area (Å²) in [7, 11) is -3.03. The largest absolute Gasteiger partial charge is 0.330 e. The molecule has 8 heteroatoms. The highest BCUT2D eigenvalue weighted by Gasteiger charge is 2.36. The zero-order chi connectivity index (χ0) is 12.6. The first-order chi connectivity index (χ1) is 7.87. The van der Waals surface area contributed by atoms with E-state index >= 15 is 0 Å². The number of barbiturate groups is 1. The van der Waals surface area contributed by atoms with Crippen LogP contribution in [0.3, 0.4) is 0 Å². The first-order valence-electron chi connectivity index (χ1n) is 5.22. The molecule has 0 bridgehead atoms. The van der Waals surface area contributed by atoms with E-state index in [0.717, 1.165) is 4.90 Å². The molecule has 94 valence electrons. The SMILES string of the molecule is O=C1CC(=O)N(CC2CCS(=O)(=O)C2)C(=O)N1. The van der Waals surface area contributed by atoms with Gasteiger partial charge >= 0.3 is 6.03 Å². The molecule has 0 saturated carbocycles. The highest BCUT2D eigenvalue weighted by atomic mass is 32.2. The zero-order valence-corrected chi connectivity index (χ0v) is 9.83. The topological polar surface area (TPSA) is 101 Å². The van der Waals surface area contributed by atoms with Crippen molar-refractivity contribution in [3.8, 4) is 0 Å². The van der Waals surface area contributed by atoms with Crippen LogP contribution in [0.5, 0.6) is 0 Å². The minimum atomic E-state index is -3.03. The minimum absolute atomic E-state index is 0.00198. The lowest BCUT2D eigenvalue weighted by Gasteiger charge is -2.26. The van der Waals surface area contributed by atoms with Crippen molar-refractivity contribution in [2.24, 2.45) is 5.92 Å². The van der Waals surface area contributed by atoms with E-state index in [1.165, 1.54) is 0 Å². The maximum atomic E-state index is 11.5. The number of sulfone groups is 1. The van der Waals surface area contributed by atoms with Gasteiger partial charge < -0.3 is 0 Å². The van der Waals surface area contributed by atoms with Gasteiger partial charge in [0.15, 0.2) is 9.84 Å². The zero-order valence-electron chi connectivity index (χ0n) is 9.01. The lowest BCUT2D eigenvalue weighted by molar-refractivity contribution is -0.136. The summed E-state index contributed by atoms with van der Waals surface area (Å²) in [4.78, 5) is 34.7. The van der Waals surface area contributed by atoms with Crippen molar-refractivity contribution in [1.82, 2.24) is 10.2 Å². The van der Waals surface area contributed by atoms with Gasteiger partial charge in [0.1, 0.15) is 6.42 Å². The van der Waals surface area contributed by atoms with E-state index in [1.807, 2.05) is 5.32 Å². The molecule has 0 radical (unpaired) electrons. The summed E-state index contributed by atoms with van der Waals surface area (Å²) in [5.74, 6) is -1.31. The van der Waals surface area contributed by atoms with E-state index in [-0.39, 0.29) is 30.4 Å². The van der Waals surface area contributed by atoms with Crippen molar-refractivity contribution in [2.45, 2.75) is 12.8 Å². The molecule has 1 unspecified atom stereocenters. The van der Waals surface area contributed by atoms with E-state index in [4.69, 9.17) is 0 Å². The van der Waals surface area contributed by atoms with Crippen molar-refractivity contribution in [2.75, 3.05) is 18.1 Å². The molecule has 1 atom stereocenters. The van der Waals surface area contributed by atoms with Gasteiger partial charge in [0.2, 0.25) is 11.8 Å². The van der Waals surface area contributed by atoms with Crippen LogP contribution in [0.25, 0.3) is 0 Å². The Hall–Kier alpha value is -1.44. The monoisotopic (exact) mass is 260 g/mol. The standard InChI is InChI=1S/C9H12N2O5S/c12-7-3-8(13)11(9(14)10-7)4-6-1-2-17(15,16)5-6/h6H,1-5H2,(H,10,12,14). The number of nitrogens with one attached hydrogen (secondary N) is 1. The number of amides is 4. The number of carbonyl (C=O) groups is 3. The van der Waals surface area contributed by atoms with E-state index in [9.17, 15) is 22.8 Å². The Labute approximate surface area is 98.1 Å². The van der Waals surface area contributed by atoms with Gasteiger partial charge in [0, 0.05) is 6.54 Å². The number of carbonyl (C=O) groups excluding carboxylic acids is 3. The Morgan fingerprint density at radius 3 is 2.53 bits per heavy atom. The summed E-state index contributed by atoms with van der Waals surface area (Å²) in [5.41, 5.74) is 0. The summed E-state index contributed by atoms with van der Waals surface area (Å²) in [6.45, 7) is 0.0666. The van der Waals surface area contributed by atoms with E-state index in [1.54, 1.807) is 0 Å². The molecular formula is C9H12N2O5S. The molecule has 0 aromatic carbocycles. The first-order valence-corrected chi connectivity index (χ1v) is 7.04. The highest BCUT2D eigenvalue weighted by Crippen LogP contribution is 2.20. The van der Waals surface area contributed by atoms with Crippen LogP contribution in [-0.4, -0.2) is 49.2 Å². The second kappa shape index (κ2) is 4.10. The third kappa shape index (κ3) is 2.63. The summed E-state index contributed by atoms with van der Waals surface area (Å²) >= 11 is 0. The fourth-order valence-electron chi connectivity index (χ4n) is 2.04. The van der Waals surface area contributed by atoms with Gasteiger partial charge in [0.05, 0.1) is 11.5 Å². The predicted molar refractivity (Wildman–Crippen MR) is 56.6 cm³/mol. The van der Waals surface area contributed by atoms with Gasteiger partial charge in [0.25, 0.3) is 0 Å². The maximum absolute atomic E-state index is 11.5. The molecule has 17 heavy (non-hydrogen) atoms. The van der Waals surface area contributed by atoms with Crippen LogP contribution < -0.4 is 5.32 Å². The molecule has 2 fully saturated rings. The normalized spacial score (nSPS) is 28.4. The van der Waals surface area contributed by atoms with E-state index in [0.29, 0.717) is 6.42 Å². The molecular weight excluding hydrogens is 248 g/mol. The van der Waals surface area contributed by atoms with Crippen LogP contribution in [0.4, 0.5) is 4.79 Å². The molecule has 2 rings (SSSR count). The lowest BCUT2D eigenvalue weighted by atomic mass is 10.1. The second-order valence-corrected chi connectivity index (χ2v) is 6.53. The number of nitrogens with zero attached hydrogens (tertiary/aromatic N) is 1. The molecule has 4 amide bonds. The van der Waals surface area contributed by atoms with Crippen LogP contribution in [0, 0.1) is 5.92 Å². The average molecular weight is 260 g/mol. The van der Waals surface area contributed by atoms with Crippen molar-refractivity contribution in [3.63, 3.8) is 0 Å². The molecule has 1 N–H and O–H groups in total. The van der Waals surface area contributed by atoms with Crippen LogP contribution in [0.15, 0.2) is 0 Å². The van der Waals surface area contributed by atoms with Crippen molar-refractivity contribution >= 4 is 27.7 Å².